The van der Waals surface area contributed by atoms with Crippen LogP contribution < -0.4 is 10.6 Å². The van der Waals surface area contributed by atoms with E-state index in [0.29, 0.717) is 13.0 Å². The second-order valence-electron chi connectivity index (χ2n) is 4.68. The first kappa shape index (κ1) is 17.4. The van der Waals surface area contributed by atoms with Gasteiger partial charge in [0.25, 0.3) is 0 Å². The predicted molar refractivity (Wildman–Crippen MR) is 74.3 cm³/mol. The molecule has 108 valence electrons. The largest absolute Gasteiger partial charge is 0.352 e. The molecule has 0 aromatic heterocycles. The Morgan fingerprint density at radius 1 is 1.22 bits per heavy atom. The molecule has 0 spiro atoms. The van der Waals surface area contributed by atoms with Crippen LogP contribution in [0.15, 0.2) is 0 Å². The van der Waals surface area contributed by atoms with Gasteiger partial charge in [-0.3, -0.25) is 4.79 Å². The Bertz CT molecular complexity index is 337. The van der Waals surface area contributed by atoms with Gasteiger partial charge in [-0.2, -0.15) is 0 Å². The molecule has 18 heavy (non-hydrogen) atoms. The molecule has 0 aliphatic rings. The molecule has 0 aromatic carbocycles. The normalized spacial score (nSPS) is 13.6. The highest BCUT2D eigenvalue weighted by atomic mass is 32.2. The third-order valence-corrected chi connectivity index (χ3v) is 3.90. The Morgan fingerprint density at radius 3 is 2.22 bits per heavy atom. The number of amides is 1. The van der Waals surface area contributed by atoms with Gasteiger partial charge >= 0.3 is 0 Å². The van der Waals surface area contributed by atoms with Crippen LogP contribution in [0.3, 0.4) is 0 Å². The smallest absolute Gasteiger partial charge is 0.237 e. The summed E-state index contributed by atoms with van der Waals surface area (Å²) in [6.07, 6.45) is 3.59. The van der Waals surface area contributed by atoms with E-state index in [1.807, 2.05) is 13.8 Å². The van der Waals surface area contributed by atoms with Crippen molar-refractivity contribution in [2.45, 2.75) is 52.1 Å². The van der Waals surface area contributed by atoms with Crippen molar-refractivity contribution in [3.8, 4) is 0 Å². The van der Waals surface area contributed by atoms with Gasteiger partial charge in [0, 0.05) is 12.3 Å². The Morgan fingerprint density at radius 2 is 1.78 bits per heavy atom. The quantitative estimate of drug-likeness (QED) is 0.609. The molecule has 0 aromatic rings. The maximum atomic E-state index is 11.8. The molecular formula is C12H26N2O3S. The number of sulfone groups is 1. The Kier molecular flexibility index (Phi) is 8.18. The highest BCUT2D eigenvalue weighted by Crippen LogP contribution is 1.97. The van der Waals surface area contributed by atoms with Crippen LogP contribution in [0, 0.1) is 0 Å². The van der Waals surface area contributed by atoms with Gasteiger partial charge in [-0.25, -0.2) is 8.42 Å². The Labute approximate surface area is 111 Å². The fourth-order valence-corrected chi connectivity index (χ4v) is 2.23. The molecule has 0 aliphatic heterocycles. The average Bonchev–Trinajstić information content (AvgIpc) is 2.29. The van der Waals surface area contributed by atoms with Gasteiger partial charge in [-0.1, -0.05) is 13.8 Å². The van der Waals surface area contributed by atoms with E-state index in [9.17, 15) is 13.2 Å². The second-order valence-corrected chi connectivity index (χ2v) is 6.94. The van der Waals surface area contributed by atoms with Crippen LogP contribution in [0.4, 0.5) is 0 Å². The van der Waals surface area contributed by atoms with E-state index in [1.54, 1.807) is 6.92 Å². The van der Waals surface area contributed by atoms with Gasteiger partial charge in [0.2, 0.25) is 5.91 Å². The highest BCUT2D eigenvalue weighted by Gasteiger charge is 2.15. The lowest BCUT2D eigenvalue weighted by Gasteiger charge is -2.19. The number of carbonyl (C=O) groups is 1. The van der Waals surface area contributed by atoms with Crippen LogP contribution in [0.25, 0.3) is 0 Å². The summed E-state index contributed by atoms with van der Waals surface area (Å²) in [4.78, 5) is 11.8. The van der Waals surface area contributed by atoms with Gasteiger partial charge in [0.05, 0.1) is 11.8 Å². The molecule has 0 fully saturated rings. The summed E-state index contributed by atoms with van der Waals surface area (Å²) in [5, 5.41) is 5.99. The van der Waals surface area contributed by atoms with Crippen molar-refractivity contribution in [3.63, 3.8) is 0 Å². The molecular weight excluding hydrogens is 252 g/mol. The second kappa shape index (κ2) is 8.48. The van der Waals surface area contributed by atoms with Crippen molar-refractivity contribution >= 4 is 15.7 Å². The molecule has 1 amide bonds. The minimum Gasteiger partial charge on any atom is -0.352 e. The molecule has 0 rings (SSSR count). The van der Waals surface area contributed by atoms with Gasteiger partial charge in [0.15, 0.2) is 0 Å². The van der Waals surface area contributed by atoms with E-state index in [-0.39, 0.29) is 23.7 Å². The zero-order valence-electron chi connectivity index (χ0n) is 11.8. The third kappa shape index (κ3) is 8.47. The standard InChI is InChI=1S/C12H26N2O3S/c1-5-11(6-2)14-12(15)10(3)13-8-7-9-18(4,16)17/h10-11,13H,5-9H2,1-4H3,(H,14,15). The average molecular weight is 278 g/mol. The van der Waals surface area contributed by atoms with Crippen LogP contribution in [0.5, 0.6) is 0 Å². The molecule has 1 unspecified atom stereocenters. The summed E-state index contributed by atoms with van der Waals surface area (Å²) in [5.41, 5.74) is 0. The molecule has 0 radical (unpaired) electrons. The number of hydrogen-bond acceptors (Lipinski definition) is 4. The fourth-order valence-electron chi connectivity index (χ4n) is 1.56. The van der Waals surface area contributed by atoms with E-state index in [4.69, 9.17) is 0 Å². The summed E-state index contributed by atoms with van der Waals surface area (Å²) in [6, 6.07) is -0.0667. The van der Waals surface area contributed by atoms with Gasteiger partial charge in [-0.05, 0) is 32.7 Å². The van der Waals surface area contributed by atoms with E-state index in [1.165, 1.54) is 6.26 Å². The first-order chi connectivity index (χ1) is 8.30. The first-order valence-electron chi connectivity index (χ1n) is 6.51. The maximum absolute atomic E-state index is 11.8. The summed E-state index contributed by atoms with van der Waals surface area (Å²) in [7, 11) is -2.91. The van der Waals surface area contributed by atoms with E-state index in [2.05, 4.69) is 10.6 Å². The molecule has 6 heteroatoms. The van der Waals surface area contributed by atoms with Crippen LogP contribution >= 0.6 is 0 Å². The molecule has 0 bridgehead atoms. The molecule has 1 atom stereocenters. The summed E-state index contributed by atoms with van der Waals surface area (Å²) in [6.45, 7) is 6.40. The minimum atomic E-state index is -2.91. The molecule has 5 nitrogen and oxygen atoms in total. The summed E-state index contributed by atoms with van der Waals surface area (Å²) >= 11 is 0. The van der Waals surface area contributed by atoms with Crippen LogP contribution in [-0.4, -0.2) is 45.0 Å². The number of hydrogen-bond donors (Lipinski definition) is 2. The molecule has 0 saturated carbocycles. The molecule has 0 saturated heterocycles. The zero-order chi connectivity index (χ0) is 14.2. The van der Waals surface area contributed by atoms with Gasteiger partial charge in [-0.15, -0.1) is 0 Å². The monoisotopic (exact) mass is 278 g/mol. The lowest BCUT2D eigenvalue weighted by molar-refractivity contribution is -0.123. The molecule has 2 N–H and O–H groups in total. The topological polar surface area (TPSA) is 75.3 Å². The van der Waals surface area contributed by atoms with Crippen LogP contribution in [-0.2, 0) is 14.6 Å². The van der Waals surface area contributed by atoms with Crippen molar-refractivity contribution < 1.29 is 13.2 Å². The lowest BCUT2D eigenvalue weighted by Crippen LogP contribution is -2.46. The third-order valence-electron chi connectivity index (χ3n) is 2.87. The van der Waals surface area contributed by atoms with Crippen molar-refractivity contribution in [3.05, 3.63) is 0 Å². The Hall–Kier alpha value is -0.620. The van der Waals surface area contributed by atoms with Gasteiger partial charge < -0.3 is 10.6 Å². The highest BCUT2D eigenvalue weighted by molar-refractivity contribution is 7.90. The van der Waals surface area contributed by atoms with Crippen LogP contribution in [0.1, 0.15) is 40.0 Å². The number of nitrogens with one attached hydrogen (secondary N) is 2. The molecule has 0 aliphatic carbocycles. The Balaban J connectivity index is 3.88. The van der Waals surface area contributed by atoms with Crippen LogP contribution in [0.2, 0.25) is 0 Å². The van der Waals surface area contributed by atoms with Crippen molar-refractivity contribution in [1.29, 1.82) is 0 Å². The van der Waals surface area contributed by atoms with E-state index < -0.39 is 9.84 Å². The number of carbonyl (C=O) groups excluding carboxylic acids is 1. The number of rotatable bonds is 9. The maximum Gasteiger partial charge on any atom is 0.237 e. The van der Waals surface area contributed by atoms with Crippen molar-refractivity contribution in [1.82, 2.24) is 10.6 Å². The van der Waals surface area contributed by atoms with Crippen molar-refractivity contribution in [2.75, 3.05) is 18.6 Å². The lowest BCUT2D eigenvalue weighted by atomic mass is 10.1. The van der Waals surface area contributed by atoms with Crippen molar-refractivity contribution in [2.24, 2.45) is 0 Å². The predicted octanol–water partition coefficient (Wildman–Crippen LogP) is 0.704. The SMILES string of the molecule is CCC(CC)NC(=O)C(C)NCCCS(C)(=O)=O. The molecule has 0 heterocycles. The summed E-state index contributed by atoms with van der Waals surface area (Å²) in [5.74, 6) is 0.129. The first-order valence-corrected chi connectivity index (χ1v) is 8.57. The van der Waals surface area contributed by atoms with E-state index in [0.717, 1.165) is 12.8 Å². The zero-order valence-corrected chi connectivity index (χ0v) is 12.6. The van der Waals surface area contributed by atoms with E-state index >= 15 is 0 Å². The fraction of sp³-hybridized carbons (Fsp3) is 0.917. The minimum absolute atomic E-state index is 0.0249. The summed E-state index contributed by atoms with van der Waals surface area (Å²) < 4.78 is 21.9. The van der Waals surface area contributed by atoms with Gasteiger partial charge in [0.1, 0.15) is 9.84 Å².